The lowest BCUT2D eigenvalue weighted by molar-refractivity contribution is -0.384. The van der Waals surface area contributed by atoms with Crippen LogP contribution < -0.4 is 10.2 Å². The summed E-state index contributed by atoms with van der Waals surface area (Å²) in [5.74, 6) is 0.168. The number of carbonyl (C=O) groups excluding carboxylic acids is 1. The molecule has 0 fully saturated rings. The SMILES string of the molecule is C[C@@H](Oc1ccc(-c2ccccc2)cc1)C(=O)N/N=C\c1ccc([N+](=O)[O-])cc1. The molecule has 7 heteroatoms. The van der Waals surface area contributed by atoms with Gasteiger partial charge in [0.25, 0.3) is 11.6 Å². The summed E-state index contributed by atoms with van der Waals surface area (Å²) >= 11 is 0. The van der Waals surface area contributed by atoms with E-state index in [0.29, 0.717) is 11.3 Å². The molecule has 0 aliphatic heterocycles. The van der Waals surface area contributed by atoms with Gasteiger partial charge in [-0.1, -0.05) is 42.5 Å². The number of ether oxygens (including phenoxy) is 1. The summed E-state index contributed by atoms with van der Waals surface area (Å²) in [6.07, 6.45) is 0.662. The standard InChI is InChI=1S/C22H19N3O4/c1-16(22(26)24-23-15-17-7-11-20(12-8-17)25(27)28)29-21-13-9-19(10-14-21)18-5-3-2-4-6-18/h2-16H,1H3,(H,24,26)/b23-15-/t16-/m1/s1. The summed E-state index contributed by atoms with van der Waals surface area (Å²) < 4.78 is 5.65. The molecule has 3 rings (SSSR count). The summed E-state index contributed by atoms with van der Waals surface area (Å²) in [7, 11) is 0. The molecule has 0 aromatic heterocycles. The fraction of sp³-hybridized carbons (Fsp3) is 0.0909. The number of hydrazone groups is 1. The van der Waals surface area contributed by atoms with Gasteiger partial charge in [-0.05, 0) is 47.9 Å². The number of rotatable bonds is 7. The molecule has 3 aromatic rings. The van der Waals surface area contributed by atoms with E-state index in [4.69, 9.17) is 4.74 Å². The highest BCUT2D eigenvalue weighted by Crippen LogP contribution is 2.22. The third kappa shape index (κ3) is 5.49. The Bertz CT molecular complexity index is 1000. The third-order valence-corrected chi connectivity index (χ3v) is 4.14. The third-order valence-electron chi connectivity index (χ3n) is 4.14. The van der Waals surface area contributed by atoms with Crippen molar-refractivity contribution in [2.45, 2.75) is 13.0 Å². The first kappa shape index (κ1) is 19.8. The minimum atomic E-state index is -0.744. The van der Waals surface area contributed by atoms with Crippen LogP contribution in [-0.2, 0) is 4.79 Å². The Balaban J connectivity index is 1.53. The molecule has 0 saturated heterocycles. The lowest BCUT2D eigenvalue weighted by Gasteiger charge is -2.13. The summed E-state index contributed by atoms with van der Waals surface area (Å²) in [5.41, 5.74) is 5.18. The van der Waals surface area contributed by atoms with E-state index >= 15 is 0 Å². The number of benzene rings is 3. The van der Waals surface area contributed by atoms with Crippen molar-refractivity contribution in [3.8, 4) is 16.9 Å². The highest BCUT2D eigenvalue weighted by molar-refractivity contribution is 5.84. The molecule has 146 valence electrons. The van der Waals surface area contributed by atoms with Gasteiger partial charge >= 0.3 is 0 Å². The maximum absolute atomic E-state index is 12.1. The number of hydrogen-bond acceptors (Lipinski definition) is 5. The second kappa shape index (κ2) is 9.27. The Kier molecular flexibility index (Phi) is 6.32. The number of amides is 1. The summed E-state index contributed by atoms with van der Waals surface area (Å²) in [4.78, 5) is 22.3. The second-order valence-corrected chi connectivity index (χ2v) is 6.23. The molecule has 1 N–H and O–H groups in total. The van der Waals surface area contributed by atoms with E-state index in [2.05, 4.69) is 10.5 Å². The van der Waals surface area contributed by atoms with E-state index < -0.39 is 16.9 Å². The maximum atomic E-state index is 12.1. The molecule has 0 spiro atoms. The number of carbonyl (C=O) groups is 1. The van der Waals surface area contributed by atoms with Gasteiger partial charge in [0.15, 0.2) is 6.10 Å². The molecular formula is C22H19N3O4. The number of hydrogen-bond donors (Lipinski definition) is 1. The van der Waals surface area contributed by atoms with Gasteiger partial charge in [0.2, 0.25) is 0 Å². The zero-order valence-corrected chi connectivity index (χ0v) is 15.7. The Morgan fingerprint density at radius 1 is 1.00 bits per heavy atom. The van der Waals surface area contributed by atoms with E-state index in [0.717, 1.165) is 11.1 Å². The van der Waals surface area contributed by atoms with Gasteiger partial charge in [-0.2, -0.15) is 5.10 Å². The molecule has 29 heavy (non-hydrogen) atoms. The van der Waals surface area contributed by atoms with E-state index in [1.165, 1.54) is 18.3 Å². The van der Waals surface area contributed by atoms with Gasteiger partial charge in [-0.3, -0.25) is 14.9 Å². The van der Waals surface area contributed by atoms with Crippen molar-refractivity contribution in [2.75, 3.05) is 0 Å². The monoisotopic (exact) mass is 389 g/mol. The van der Waals surface area contributed by atoms with Crippen molar-refractivity contribution in [3.05, 3.63) is 94.5 Å². The molecule has 0 heterocycles. The number of nitrogens with one attached hydrogen (secondary N) is 1. The largest absolute Gasteiger partial charge is 0.481 e. The van der Waals surface area contributed by atoms with E-state index in [1.54, 1.807) is 19.1 Å². The van der Waals surface area contributed by atoms with Crippen LogP contribution >= 0.6 is 0 Å². The van der Waals surface area contributed by atoms with E-state index in [1.807, 2.05) is 54.6 Å². The zero-order chi connectivity index (χ0) is 20.6. The molecule has 0 bridgehead atoms. The highest BCUT2D eigenvalue weighted by atomic mass is 16.6. The van der Waals surface area contributed by atoms with Crippen molar-refractivity contribution < 1.29 is 14.5 Å². The number of nitrogens with zero attached hydrogens (tertiary/aromatic N) is 2. The van der Waals surface area contributed by atoms with Crippen molar-refractivity contribution in [1.29, 1.82) is 0 Å². The van der Waals surface area contributed by atoms with Crippen LogP contribution in [0.4, 0.5) is 5.69 Å². The topological polar surface area (TPSA) is 93.8 Å². The predicted molar refractivity (Wildman–Crippen MR) is 111 cm³/mol. The number of nitro benzene ring substituents is 1. The van der Waals surface area contributed by atoms with E-state index in [-0.39, 0.29) is 5.69 Å². The van der Waals surface area contributed by atoms with Crippen molar-refractivity contribution in [3.63, 3.8) is 0 Å². The van der Waals surface area contributed by atoms with Crippen LogP contribution in [0.5, 0.6) is 5.75 Å². The van der Waals surface area contributed by atoms with Crippen LogP contribution in [0, 0.1) is 10.1 Å². The Labute approximate surface area is 167 Å². The molecule has 1 atom stereocenters. The first-order valence-corrected chi connectivity index (χ1v) is 8.92. The quantitative estimate of drug-likeness (QED) is 0.373. The lowest BCUT2D eigenvalue weighted by atomic mass is 10.1. The lowest BCUT2D eigenvalue weighted by Crippen LogP contribution is -2.33. The van der Waals surface area contributed by atoms with E-state index in [9.17, 15) is 14.9 Å². The number of nitro groups is 1. The molecule has 0 unspecified atom stereocenters. The molecular weight excluding hydrogens is 370 g/mol. The molecule has 0 aliphatic carbocycles. The second-order valence-electron chi connectivity index (χ2n) is 6.23. The maximum Gasteiger partial charge on any atom is 0.280 e. The van der Waals surface area contributed by atoms with Crippen LogP contribution in [0.1, 0.15) is 12.5 Å². The van der Waals surface area contributed by atoms with Crippen molar-refractivity contribution in [1.82, 2.24) is 5.43 Å². The van der Waals surface area contributed by atoms with Crippen LogP contribution in [0.2, 0.25) is 0 Å². The van der Waals surface area contributed by atoms with Gasteiger partial charge in [0, 0.05) is 12.1 Å². The summed E-state index contributed by atoms with van der Waals surface area (Å²) in [6.45, 7) is 1.63. The summed E-state index contributed by atoms with van der Waals surface area (Å²) in [5, 5.41) is 14.5. The Morgan fingerprint density at radius 2 is 1.62 bits per heavy atom. The van der Waals surface area contributed by atoms with Crippen LogP contribution in [-0.4, -0.2) is 23.1 Å². The Hall–Kier alpha value is -4.00. The van der Waals surface area contributed by atoms with Crippen LogP contribution in [0.15, 0.2) is 84.0 Å². The average molecular weight is 389 g/mol. The van der Waals surface area contributed by atoms with Gasteiger partial charge in [-0.15, -0.1) is 0 Å². The minimum absolute atomic E-state index is 0.00788. The fourth-order valence-corrected chi connectivity index (χ4v) is 2.56. The first-order chi connectivity index (χ1) is 14.0. The Morgan fingerprint density at radius 3 is 2.24 bits per heavy atom. The molecule has 0 saturated carbocycles. The highest BCUT2D eigenvalue weighted by Gasteiger charge is 2.14. The van der Waals surface area contributed by atoms with Gasteiger partial charge in [0.1, 0.15) is 5.75 Å². The molecule has 1 amide bonds. The molecule has 0 aliphatic rings. The van der Waals surface area contributed by atoms with Crippen molar-refractivity contribution in [2.24, 2.45) is 5.10 Å². The predicted octanol–water partition coefficient (Wildman–Crippen LogP) is 4.18. The first-order valence-electron chi connectivity index (χ1n) is 8.92. The molecule has 0 radical (unpaired) electrons. The smallest absolute Gasteiger partial charge is 0.280 e. The molecule has 3 aromatic carbocycles. The van der Waals surface area contributed by atoms with Gasteiger partial charge in [0.05, 0.1) is 11.1 Å². The average Bonchev–Trinajstić information content (AvgIpc) is 2.75. The molecule has 7 nitrogen and oxygen atoms in total. The zero-order valence-electron chi connectivity index (χ0n) is 15.7. The summed E-state index contributed by atoms with van der Waals surface area (Å²) in [6, 6.07) is 23.3. The van der Waals surface area contributed by atoms with Gasteiger partial charge in [-0.25, -0.2) is 5.43 Å². The van der Waals surface area contributed by atoms with Crippen LogP contribution in [0.3, 0.4) is 0 Å². The minimum Gasteiger partial charge on any atom is -0.481 e. The van der Waals surface area contributed by atoms with Gasteiger partial charge < -0.3 is 4.74 Å². The van der Waals surface area contributed by atoms with Crippen molar-refractivity contribution >= 4 is 17.8 Å². The fourth-order valence-electron chi connectivity index (χ4n) is 2.56. The van der Waals surface area contributed by atoms with Crippen LogP contribution in [0.25, 0.3) is 11.1 Å². The number of non-ortho nitro benzene ring substituents is 1. The normalized spacial score (nSPS) is 11.8.